The third kappa shape index (κ3) is 3.74. The Kier molecular flexibility index (Phi) is 4.29. The number of aryl methyl sites for hydroxylation is 1. The van der Waals surface area contributed by atoms with Crippen molar-refractivity contribution in [3.05, 3.63) is 29.9 Å². The maximum Gasteiger partial charge on any atom is 0.408 e. The lowest BCUT2D eigenvalue weighted by Crippen LogP contribution is -2.34. The van der Waals surface area contributed by atoms with E-state index in [1.807, 2.05) is 33.3 Å². The van der Waals surface area contributed by atoms with E-state index in [4.69, 9.17) is 9.26 Å². The van der Waals surface area contributed by atoms with E-state index in [1.165, 1.54) is 5.69 Å². The summed E-state index contributed by atoms with van der Waals surface area (Å²) < 4.78 is 12.8. The Balaban J connectivity index is 1.62. The Morgan fingerprint density at radius 3 is 3.04 bits per heavy atom. The molecule has 0 fully saturated rings. The summed E-state index contributed by atoms with van der Waals surface area (Å²) in [6, 6.07) is -0.383. The van der Waals surface area contributed by atoms with Gasteiger partial charge in [-0.2, -0.15) is 4.98 Å². The minimum Gasteiger partial charge on any atom is -0.444 e. The zero-order valence-electron chi connectivity index (χ0n) is 14.4. The van der Waals surface area contributed by atoms with Crippen LogP contribution in [0.5, 0.6) is 0 Å². The fourth-order valence-corrected chi connectivity index (χ4v) is 2.72. The summed E-state index contributed by atoms with van der Waals surface area (Å²) in [5, 5.41) is 6.73. The highest BCUT2D eigenvalue weighted by Crippen LogP contribution is 2.28. The Hall–Kier alpha value is -2.38. The number of hydrogen-bond donors (Lipinski definition) is 1. The summed E-state index contributed by atoms with van der Waals surface area (Å²) in [4.78, 5) is 20.5. The van der Waals surface area contributed by atoms with Crippen LogP contribution in [0, 0.1) is 0 Å². The van der Waals surface area contributed by atoms with Crippen LogP contribution in [0.3, 0.4) is 0 Å². The molecule has 130 valence electrons. The third-order valence-corrected chi connectivity index (χ3v) is 3.90. The SMILES string of the molecule is C[C@@H](NC(=O)OC(C)(C)C)c1noc([C@H]2CCn3cncc3C2)n1. The third-order valence-electron chi connectivity index (χ3n) is 3.90. The molecule has 1 N–H and O–H groups in total. The van der Waals surface area contributed by atoms with Crippen LogP contribution in [-0.2, 0) is 17.7 Å². The molecule has 3 rings (SSSR count). The summed E-state index contributed by atoms with van der Waals surface area (Å²) in [5.41, 5.74) is 0.628. The van der Waals surface area contributed by atoms with Crippen molar-refractivity contribution >= 4 is 6.09 Å². The maximum atomic E-state index is 11.8. The lowest BCUT2D eigenvalue weighted by Gasteiger charge is -2.21. The number of nitrogens with one attached hydrogen (secondary N) is 1. The van der Waals surface area contributed by atoms with E-state index >= 15 is 0 Å². The van der Waals surface area contributed by atoms with Gasteiger partial charge in [0.2, 0.25) is 5.89 Å². The summed E-state index contributed by atoms with van der Waals surface area (Å²) in [6.07, 6.45) is 4.98. The van der Waals surface area contributed by atoms with E-state index in [2.05, 4.69) is 25.0 Å². The van der Waals surface area contributed by atoms with Gasteiger partial charge in [-0.05, 0) is 34.1 Å². The van der Waals surface area contributed by atoms with E-state index in [0.29, 0.717) is 11.7 Å². The van der Waals surface area contributed by atoms with Gasteiger partial charge in [0.05, 0.1) is 12.4 Å². The van der Waals surface area contributed by atoms with Gasteiger partial charge in [0, 0.05) is 30.8 Å². The van der Waals surface area contributed by atoms with Gasteiger partial charge in [-0.1, -0.05) is 5.16 Å². The first kappa shape index (κ1) is 16.5. The highest BCUT2D eigenvalue weighted by Gasteiger charge is 2.27. The highest BCUT2D eigenvalue weighted by atomic mass is 16.6. The van der Waals surface area contributed by atoms with E-state index in [9.17, 15) is 4.79 Å². The van der Waals surface area contributed by atoms with Crippen LogP contribution in [0.25, 0.3) is 0 Å². The number of rotatable bonds is 3. The van der Waals surface area contributed by atoms with Gasteiger partial charge < -0.3 is 19.1 Å². The highest BCUT2D eigenvalue weighted by molar-refractivity contribution is 5.68. The van der Waals surface area contributed by atoms with Crippen LogP contribution in [-0.4, -0.2) is 31.4 Å². The average molecular weight is 333 g/mol. The molecule has 0 saturated carbocycles. The first-order chi connectivity index (χ1) is 11.3. The zero-order valence-corrected chi connectivity index (χ0v) is 14.4. The molecule has 24 heavy (non-hydrogen) atoms. The molecule has 2 aromatic heterocycles. The summed E-state index contributed by atoms with van der Waals surface area (Å²) in [6.45, 7) is 8.14. The number of amides is 1. The molecule has 2 aromatic rings. The first-order valence-electron chi connectivity index (χ1n) is 8.14. The largest absolute Gasteiger partial charge is 0.444 e. The van der Waals surface area contributed by atoms with Gasteiger partial charge in [0.25, 0.3) is 0 Å². The monoisotopic (exact) mass is 333 g/mol. The van der Waals surface area contributed by atoms with E-state index in [0.717, 1.165) is 19.4 Å². The molecule has 0 unspecified atom stereocenters. The number of ether oxygens (including phenoxy) is 1. The molecular formula is C16H23N5O3. The van der Waals surface area contributed by atoms with Crippen molar-refractivity contribution in [2.24, 2.45) is 0 Å². The van der Waals surface area contributed by atoms with Crippen molar-refractivity contribution in [2.45, 2.75) is 64.6 Å². The van der Waals surface area contributed by atoms with Gasteiger partial charge >= 0.3 is 6.09 Å². The Bertz CT molecular complexity index is 715. The van der Waals surface area contributed by atoms with E-state index < -0.39 is 11.7 Å². The summed E-state index contributed by atoms with van der Waals surface area (Å²) in [5.74, 6) is 1.24. The summed E-state index contributed by atoms with van der Waals surface area (Å²) in [7, 11) is 0. The number of imidazole rings is 1. The number of fused-ring (bicyclic) bond motifs is 1. The zero-order chi connectivity index (χ0) is 17.3. The fourth-order valence-electron chi connectivity index (χ4n) is 2.72. The lowest BCUT2D eigenvalue weighted by molar-refractivity contribution is 0.0505. The topological polar surface area (TPSA) is 95.1 Å². The van der Waals surface area contributed by atoms with E-state index in [1.54, 1.807) is 6.92 Å². The molecule has 3 heterocycles. The molecule has 0 spiro atoms. The number of hydrogen-bond acceptors (Lipinski definition) is 6. The van der Waals surface area contributed by atoms with Gasteiger partial charge in [-0.15, -0.1) is 0 Å². The molecule has 2 atom stereocenters. The fraction of sp³-hybridized carbons (Fsp3) is 0.625. The maximum absolute atomic E-state index is 11.8. The summed E-state index contributed by atoms with van der Waals surface area (Å²) >= 11 is 0. The molecule has 1 aliphatic heterocycles. The quantitative estimate of drug-likeness (QED) is 0.927. The van der Waals surface area contributed by atoms with Crippen molar-refractivity contribution in [3.8, 4) is 0 Å². The standard InChI is InChI=1S/C16H23N5O3/c1-10(18-15(22)23-16(2,3)4)13-19-14(24-20-13)11-5-6-21-9-17-8-12(21)7-11/h8-11H,5-7H2,1-4H3,(H,18,22)/t10-,11+/m1/s1. The van der Waals surface area contributed by atoms with Crippen molar-refractivity contribution in [2.75, 3.05) is 0 Å². The smallest absolute Gasteiger partial charge is 0.408 e. The molecule has 1 amide bonds. The predicted octanol–water partition coefficient (Wildman–Crippen LogP) is 2.58. The number of aromatic nitrogens is 4. The number of carbonyl (C=O) groups is 1. The van der Waals surface area contributed by atoms with Gasteiger partial charge in [0.1, 0.15) is 5.60 Å². The number of nitrogens with zero attached hydrogens (tertiary/aromatic N) is 4. The molecule has 0 radical (unpaired) electrons. The Morgan fingerprint density at radius 2 is 2.29 bits per heavy atom. The molecule has 0 saturated heterocycles. The van der Waals surface area contributed by atoms with Gasteiger partial charge in [-0.3, -0.25) is 0 Å². The van der Waals surface area contributed by atoms with Crippen LogP contribution in [0.2, 0.25) is 0 Å². The van der Waals surface area contributed by atoms with Crippen molar-refractivity contribution in [3.63, 3.8) is 0 Å². The number of carbonyl (C=O) groups excluding carboxylic acids is 1. The molecule has 0 aromatic carbocycles. The van der Waals surface area contributed by atoms with Gasteiger partial charge in [0.15, 0.2) is 5.82 Å². The second kappa shape index (κ2) is 6.26. The minimum atomic E-state index is -0.544. The Labute approximate surface area is 140 Å². The Morgan fingerprint density at radius 1 is 1.50 bits per heavy atom. The molecule has 8 nitrogen and oxygen atoms in total. The average Bonchev–Trinajstić information content (AvgIpc) is 3.13. The molecular weight excluding hydrogens is 310 g/mol. The molecule has 0 bridgehead atoms. The van der Waals surface area contributed by atoms with Crippen molar-refractivity contribution in [1.82, 2.24) is 25.0 Å². The van der Waals surface area contributed by atoms with Crippen LogP contribution in [0.15, 0.2) is 17.0 Å². The second-order valence-electron chi connectivity index (χ2n) is 7.13. The molecule has 8 heteroatoms. The van der Waals surface area contributed by atoms with Gasteiger partial charge in [-0.25, -0.2) is 9.78 Å². The van der Waals surface area contributed by atoms with Crippen LogP contribution in [0.4, 0.5) is 4.79 Å². The van der Waals surface area contributed by atoms with Crippen molar-refractivity contribution < 1.29 is 14.1 Å². The van der Waals surface area contributed by atoms with Crippen LogP contribution < -0.4 is 5.32 Å². The second-order valence-corrected chi connectivity index (χ2v) is 7.13. The lowest BCUT2D eigenvalue weighted by atomic mass is 9.96. The normalized spacial score (nSPS) is 18.8. The molecule has 0 aliphatic carbocycles. The number of alkyl carbamates (subject to hydrolysis) is 1. The first-order valence-corrected chi connectivity index (χ1v) is 8.14. The predicted molar refractivity (Wildman–Crippen MR) is 85.4 cm³/mol. The van der Waals surface area contributed by atoms with E-state index in [-0.39, 0.29) is 12.0 Å². The van der Waals surface area contributed by atoms with Crippen molar-refractivity contribution in [1.29, 1.82) is 0 Å². The minimum absolute atomic E-state index is 0.184. The molecule has 1 aliphatic rings. The van der Waals surface area contributed by atoms with Crippen LogP contribution in [0.1, 0.15) is 63.5 Å². The van der Waals surface area contributed by atoms with Crippen LogP contribution >= 0.6 is 0 Å².